The minimum Gasteiger partial charge on any atom is -0.383 e. The third-order valence-corrected chi connectivity index (χ3v) is 4.31. The number of hydrogen-bond acceptors (Lipinski definition) is 4. The first-order valence-electron chi connectivity index (χ1n) is 5.18. The molecule has 0 spiro atoms. The lowest BCUT2D eigenvalue weighted by Gasteiger charge is -2.26. The van der Waals surface area contributed by atoms with Crippen molar-refractivity contribution in [1.82, 2.24) is 4.31 Å². The van der Waals surface area contributed by atoms with E-state index in [1.165, 1.54) is 4.31 Å². The van der Waals surface area contributed by atoms with Crippen molar-refractivity contribution in [2.45, 2.75) is 26.3 Å². The number of nitrogens with zero attached hydrogens (tertiary/aromatic N) is 1. The van der Waals surface area contributed by atoms with Crippen LogP contribution in [0.5, 0.6) is 0 Å². The molecular weight excluding hydrogens is 216 g/mol. The summed E-state index contributed by atoms with van der Waals surface area (Å²) >= 11 is 0. The van der Waals surface area contributed by atoms with Gasteiger partial charge in [-0.3, -0.25) is 0 Å². The van der Waals surface area contributed by atoms with E-state index < -0.39 is 10.0 Å². The average molecular weight is 238 g/mol. The molecule has 5 nitrogen and oxygen atoms in total. The van der Waals surface area contributed by atoms with Crippen molar-refractivity contribution in [3.05, 3.63) is 0 Å². The fourth-order valence-corrected chi connectivity index (χ4v) is 3.26. The van der Waals surface area contributed by atoms with Gasteiger partial charge in [-0.05, 0) is 19.9 Å². The van der Waals surface area contributed by atoms with E-state index >= 15 is 0 Å². The summed E-state index contributed by atoms with van der Waals surface area (Å²) < 4.78 is 30.1. The van der Waals surface area contributed by atoms with E-state index in [-0.39, 0.29) is 11.8 Å². The molecule has 92 valence electrons. The number of hydrogen-bond donors (Lipinski definition) is 1. The van der Waals surface area contributed by atoms with Crippen LogP contribution < -0.4 is 5.73 Å². The van der Waals surface area contributed by atoms with E-state index in [4.69, 9.17) is 10.5 Å². The van der Waals surface area contributed by atoms with Gasteiger partial charge in [0.15, 0.2) is 0 Å². The van der Waals surface area contributed by atoms with Crippen LogP contribution in [0.15, 0.2) is 0 Å². The van der Waals surface area contributed by atoms with Crippen LogP contribution >= 0.6 is 0 Å². The second-order valence-electron chi connectivity index (χ2n) is 3.47. The Balaban J connectivity index is 4.50. The molecule has 0 bridgehead atoms. The van der Waals surface area contributed by atoms with Gasteiger partial charge in [-0.25, -0.2) is 8.42 Å². The molecule has 0 saturated carbocycles. The highest BCUT2D eigenvalue weighted by Gasteiger charge is 2.24. The van der Waals surface area contributed by atoms with E-state index in [9.17, 15) is 8.42 Å². The van der Waals surface area contributed by atoms with E-state index in [1.54, 1.807) is 7.11 Å². The smallest absolute Gasteiger partial charge is 0.214 e. The highest BCUT2D eigenvalue weighted by Crippen LogP contribution is 2.08. The van der Waals surface area contributed by atoms with Crippen molar-refractivity contribution in [2.75, 3.05) is 32.6 Å². The second-order valence-corrected chi connectivity index (χ2v) is 5.51. The maximum atomic E-state index is 11.9. The second kappa shape index (κ2) is 7.16. The quantitative estimate of drug-likeness (QED) is 0.647. The summed E-state index contributed by atoms with van der Waals surface area (Å²) in [5, 5.41) is 0. The fraction of sp³-hybridized carbons (Fsp3) is 1.00. The van der Waals surface area contributed by atoms with E-state index in [2.05, 4.69) is 0 Å². The van der Waals surface area contributed by atoms with Crippen LogP contribution in [0.1, 0.15) is 20.3 Å². The molecule has 0 aliphatic rings. The summed E-state index contributed by atoms with van der Waals surface area (Å²) in [5.74, 6) is 0.116. The lowest BCUT2D eigenvalue weighted by molar-refractivity contribution is 0.142. The van der Waals surface area contributed by atoms with Crippen molar-refractivity contribution in [1.29, 1.82) is 0 Å². The number of likely N-dealkylation sites (N-methyl/N-ethyl adjacent to an activating group) is 1. The Morgan fingerprint density at radius 1 is 1.47 bits per heavy atom. The highest BCUT2D eigenvalue weighted by atomic mass is 32.2. The maximum absolute atomic E-state index is 11.9. The molecule has 0 fully saturated rings. The number of nitrogens with two attached hydrogens (primary N) is 1. The summed E-state index contributed by atoms with van der Waals surface area (Å²) in [4.78, 5) is 0. The molecule has 1 atom stereocenters. The van der Waals surface area contributed by atoms with Crippen molar-refractivity contribution >= 4 is 10.0 Å². The molecule has 0 aliphatic heterocycles. The van der Waals surface area contributed by atoms with Crippen LogP contribution in [-0.4, -0.2) is 51.3 Å². The maximum Gasteiger partial charge on any atom is 0.214 e. The van der Waals surface area contributed by atoms with Crippen LogP contribution in [0, 0.1) is 0 Å². The van der Waals surface area contributed by atoms with E-state index in [1.807, 2.05) is 13.8 Å². The third-order valence-electron chi connectivity index (χ3n) is 2.17. The number of ether oxygens (including phenoxy) is 1. The molecule has 0 saturated heterocycles. The molecule has 0 aromatic carbocycles. The Hall–Kier alpha value is -0.170. The van der Waals surface area contributed by atoms with Crippen molar-refractivity contribution in [3.8, 4) is 0 Å². The van der Waals surface area contributed by atoms with Gasteiger partial charge in [-0.15, -0.1) is 0 Å². The zero-order valence-corrected chi connectivity index (χ0v) is 10.6. The first kappa shape index (κ1) is 14.8. The molecule has 0 amide bonds. The summed E-state index contributed by atoms with van der Waals surface area (Å²) in [6.45, 7) is 4.95. The molecule has 0 aliphatic carbocycles. The zero-order chi connectivity index (χ0) is 11.9. The summed E-state index contributed by atoms with van der Waals surface area (Å²) in [6, 6.07) is -0.122. The van der Waals surface area contributed by atoms with Gasteiger partial charge in [0, 0.05) is 19.7 Å². The van der Waals surface area contributed by atoms with Crippen LogP contribution in [-0.2, 0) is 14.8 Å². The minimum absolute atomic E-state index is 0.116. The predicted molar refractivity (Wildman–Crippen MR) is 61.2 cm³/mol. The largest absolute Gasteiger partial charge is 0.383 e. The molecule has 15 heavy (non-hydrogen) atoms. The van der Waals surface area contributed by atoms with Gasteiger partial charge in [0.05, 0.1) is 12.4 Å². The Bertz CT molecular complexity index is 254. The Morgan fingerprint density at radius 3 is 2.47 bits per heavy atom. The third kappa shape index (κ3) is 4.92. The van der Waals surface area contributed by atoms with E-state index in [0.717, 1.165) is 0 Å². The summed E-state index contributed by atoms with van der Waals surface area (Å²) in [7, 11) is -1.62. The molecule has 0 aromatic rings. The predicted octanol–water partition coefficient (Wildman–Crippen LogP) is 0.0218. The Labute approximate surface area is 92.6 Å². The monoisotopic (exact) mass is 238 g/mol. The van der Waals surface area contributed by atoms with Gasteiger partial charge in [0.2, 0.25) is 10.0 Å². The first-order valence-corrected chi connectivity index (χ1v) is 6.79. The van der Waals surface area contributed by atoms with Gasteiger partial charge in [-0.1, -0.05) is 6.92 Å². The molecule has 0 radical (unpaired) electrons. The van der Waals surface area contributed by atoms with Crippen molar-refractivity contribution < 1.29 is 13.2 Å². The molecule has 2 N–H and O–H groups in total. The lowest BCUT2D eigenvalue weighted by Crippen LogP contribution is -2.42. The molecule has 0 rings (SSSR count). The van der Waals surface area contributed by atoms with Crippen LogP contribution in [0.4, 0.5) is 0 Å². The standard InChI is InChI=1S/C9H22N2O3S/c1-4-11(9(2)8-14-3)15(12,13)7-5-6-10/h9H,4-8,10H2,1-3H3. The minimum atomic E-state index is -3.18. The molecule has 6 heteroatoms. The van der Waals surface area contributed by atoms with Gasteiger partial charge in [0.25, 0.3) is 0 Å². The molecule has 1 unspecified atom stereocenters. The van der Waals surface area contributed by atoms with Gasteiger partial charge < -0.3 is 10.5 Å². The van der Waals surface area contributed by atoms with Crippen molar-refractivity contribution in [2.24, 2.45) is 5.73 Å². The zero-order valence-electron chi connectivity index (χ0n) is 9.77. The lowest BCUT2D eigenvalue weighted by atomic mass is 10.4. The molecule has 0 heterocycles. The SMILES string of the molecule is CCN(C(C)COC)S(=O)(=O)CCCN. The normalized spacial score (nSPS) is 14.5. The number of rotatable bonds is 8. The van der Waals surface area contributed by atoms with Crippen LogP contribution in [0.2, 0.25) is 0 Å². The van der Waals surface area contributed by atoms with Crippen molar-refractivity contribution in [3.63, 3.8) is 0 Å². The topological polar surface area (TPSA) is 72.6 Å². The van der Waals surface area contributed by atoms with E-state index in [0.29, 0.717) is 26.1 Å². The summed E-state index contributed by atoms with van der Waals surface area (Å²) in [6.07, 6.45) is 0.499. The molecular formula is C9H22N2O3S. The van der Waals surface area contributed by atoms with Crippen LogP contribution in [0.3, 0.4) is 0 Å². The highest BCUT2D eigenvalue weighted by molar-refractivity contribution is 7.89. The number of methoxy groups -OCH3 is 1. The number of sulfonamides is 1. The van der Waals surface area contributed by atoms with Crippen LogP contribution in [0.25, 0.3) is 0 Å². The first-order chi connectivity index (χ1) is 6.99. The summed E-state index contributed by atoms with van der Waals surface area (Å²) in [5.41, 5.74) is 5.30. The Morgan fingerprint density at radius 2 is 2.07 bits per heavy atom. The molecule has 0 aromatic heterocycles. The van der Waals surface area contributed by atoms with Gasteiger partial charge in [0.1, 0.15) is 0 Å². The Kier molecular flexibility index (Phi) is 7.08. The average Bonchev–Trinajstić information content (AvgIpc) is 2.16. The fourth-order valence-electron chi connectivity index (χ4n) is 1.49. The van der Waals surface area contributed by atoms with Gasteiger partial charge >= 0.3 is 0 Å². The van der Waals surface area contributed by atoms with Gasteiger partial charge in [-0.2, -0.15) is 4.31 Å².